The van der Waals surface area contributed by atoms with Gasteiger partial charge < -0.3 is 24.0 Å². The number of rotatable bonds is 5. The van der Waals surface area contributed by atoms with Gasteiger partial charge in [-0.05, 0) is 44.9 Å². The van der Waals surface area contributed by atoms with Crippen LogP contribution in [0.5, 0.6) is 0 Å². The van der Waals surface area contributed by atoms with Gasteiger partial charge in [0.15, 0.2) is 17.2 Å². The molecule has 0 aliphatic carbocycles. The van der Waals surface area contributed by atoms with Gasteiger partial charge in [0.1, 0.15) is 12.0 Å². The number of ether oxygens (including phenoxy) is 3. The zero-order valence-electron chi connectivity index (χ0n) is 22.5. The molecule has 3 unspecified atom stereocenters. The first kappa shape index (κ1) is 26.0. The molecule has 4 aliphatic rings. The van der Waals surface area contributed by atoms with Crippen molar-refractivity contribution in [2.75, 3.05) is 49.8 Å². The van der Waals surface area contributed by atoms with E-state index >= 15 is 0 Å². The standard InChI is InChI=1S/C27H34F3N7O3/c1-38-19-7-10-34(11-8-19)20-14-22(36-17-5-6-18(36)16-39-15-17)31-26-24(20)25(27(28,29)30)33-37(26)21-9-12-35(32-21)23-4-2-3-13-40-23/h9,12,14,17-19,23H,2-8,10-11,13,15-16H2,1H3. The SMILES string of the molecule is COC1CCN(c2cc(N3C4CCC3COC4)nc3c2c(C(F)(F)F)nn3-c2ccn(C3CCCCO3)n2)CC1. The number of piperidine rings is 1. The highest BCUT2D eigenvalue weighted by molar-refractivity contribution is 5.95. The third-order valence-electron chi connectivity index (χ3n) is 8.75. The highest BCUT2D eigenvalue weighted by Gasteiger charge is 2.42. The second-order valence-corrected chi connectivity index (χ2v) is 11.2. The Kier molecular flexibility index (Phi) is 6.62. The van der Waals surface area contributed by atoms with Gasteiger partial charge in [-0.3, -0.25) is 0 Å². The smallest absolute Gasteiger partial charge is 0.381 e. The Morgan fingerprint density at radius 2 is 1.75 bits per heavy atom. The molecule has 3 aromatic rings. The lowest BCUT2D eigenvalue weighted by atomic mass is 10.1. The topological polar surface area (TPSA) is 82.7 Å². The molecular weight excluding hydrogens is 527 g/mol. The molecule has 7 heterocycles. The van der Waals surface area contributed by atoms with Crippen molar-refractivity contribution in [2.45, 2.75) is 75.5 Å². The number of aromatic nitrogens is 5. The van der Waals surface area contributed by atoms with Crippen LogP contribution in [0.1, 0.15) is 56.9 Å². The predicted octanol–water partition coefficient (Wildman–Crippen LogP) is 4.32. The summed E-state index contributed by atoms with van der Waals surface area (Å²) in [7, 11) is 1.68. The molecule has 7 rings (SSSR count). The van der Waals surface area contributed by atoms with Gasteiger partial charge in [0.05, 0.1) is 42.5 Å². The Hall–Kier alpha value is -2.90. The minimum atomic E-state index is -4.67. The molecule has 2 bridgehead atoms. The number of pyridine rings is 1. The second-order valence-electron chi connectivity index (χ2n) is 11.2. The summed E-state index contributed by atoms with van der Waals surface area (Å²) >= 11 is 0. The Morgan fingerprint density at radius 3 is 2.42 bits per heavy atom. The predicted molar refractivity (Wildman–Crippen MR) is 141 cm³/mol. The molecule has 4 aliphatic heterocycles. The highest BCUT2D eigenvalue weighted by Crippen LogP contribution is 2.43. The van der Waals surface area contributed by atoms with Crippen LogP contribution in [-0.4, -0.2) is 82.8 Å². The molecule has 40 heavy (non-hydrogen) atoms. The van der Waals surface area contributed by atoms with E-state index in [4.69, 9.17) is 19.2 Å². The third kappa shape index (κ3) is 4.51. The Bertz CT molecular complexity index is 1350. The van der Waals surface area contributed by atoms with Crippen LogP contribution in [0, 0.1) is 0 Å². The summed E-state index contributed by atoms with van der Waals surface area (Å²) in [5, 5.41) is 8.76. The van der Waals surface area contributed by atoms with E-state index in [9.17, 15) is 13.2 Å². The van der Waals surface area contributed by atoms with Gasteiger partial charge in [-0.15, -0.1) is 0 Å². The number of hydrogen-bond donors (Lipinski definition) is 0. The molecule has 0 saturated carbocycles. The van der Waals surface area contributed by atoms with Gasteiger partial charge in [-0.2, -0.15) is 28.1 Å². The summed E-state index contributed by atoms with van der Waals surface area (Å²) in [6, 6.07) is 3.82. The molecule has 0 aromatic carbocycles. The summed E-state index contributed by atoms with van der Waals surface area (Å²) in [6.45, 7) is 2.98. The minimum Gasteiger partial charge on any atom is -0.381 e. The first-order valence-electron chi connectivity index (χ1n) is 14.2. The molecular formula is C27H34F3N7O3. The second kappa shape index (κ2) is 10.2. The first-order valence-corrected chi connectivity index (χ1v) is 14.2. The van der Waals surface area contributed by atoms with Crippen LogP contribution in [0.25, 0.3) is 16.9 Å². The van der Waals surface area contributed by atoms with E-state index in [-0.39, 0.29) is 41.3 Å². The quantitative estimate of drug-likeness (QED) is 0.456. The number of halogens is 3. The monoisotopic (exact) mass is 561 g/mol. The number of morpholine rings is 1. The molecule has 0 amide bonds. The lowest BCUT2D eigenvalue weighted by Crippen LogP contribution is -2.46. The van der Waals surface area contributed by atoms with Crippen LogP contribution in [0.3, 0.4) is 0 Å². The van der Waals surface area contributed by atoms with Crippen molar-refractivity contribution < 1.29 is 27.4 Å². The first-order chi connectivity index (χ1) is 19.4. The van der Waals surface area contributed by atoms with E-state index in [0.717, 1.165) is 44.9 Å². The molecule has 216 valence electrons. The number of nitrogens with zero attached hydrogens (tertiary/aromatic N) is 7. The van der Waals surface area contributed by atoms with E-state index in [2.05, 4.69) is 15.1 Å². The average molecular weight is 562 g/mol. The van der Waals surface area contributed by atoms with Crippen molar-refractivity contribution in [2.24, 2.45) is 0 Å². The number of alkyl halides is 3. The molecule has 3 aromatic heterocycles. The molecule has 0 radical (unpaired) electrons. The van der Waals surface area contributed by atoms with Gasteiger partial charge in [-0.25, -0.2) is 9.67 Å². The van der Waals surface area contributed by atoms with E-state index in [0.29, 0.717) is 44.4 Å². The van der Waals surface area contributed by atoms with Crippen molar-refractivity contribution in [3.63, 3.8) is 0 Å². The van der Waals surface area contributed by atoms with Crippen molar-refractivity contribution >= 4 is 22.5 Å². The number of hydrogen-bond acceptors (Lipinski definition) is 8. The van der Waals surface area contributed by atoms with Crippen molar-refractivity contribution in [3.8, 4) is 5.82 Å². The molecule has 3 atom stereocenters. The van der Waals surface area contributed by atoms with Crippen LogP contribution in [0.4, 0.5) is 24.7 Å². The number of methoxy groups -OCH3 is 1. The maximum atomic E-state index is 14.6. The third-order valence-corrected chi connectivity index (χ3v) is 8.75. The van der Waals surface area contributed by atoms with Crippen LogP contribution in [0.2, 0.25) is 0 Å². The van der Waals surface area contributed by atoms with Crippen LogP contribution < -0.4 is 9.80 Å². The maximum Gasteiger partial charge on any atom is 0.435 e. The lowest BCUT2D eigenvalue weighted by Gasteiger charge is -2.37. The highest BCUT2D eigenvalue weighted by atomic mass is 19.4. The summed E-state index contributed by atoms with van der Waals surface area (Å²) in [5.41, 5.74) is -0.276. The summed E-state index contributed by atoms with van der Waals surface area (Å²) in [5.74, 6) is 0.949. The Morgan fingerprint density at radius 1 is 0.975 bits per heavy atom. The molecule has 4 saturated heterocycles. The van der Waals surface area contributed by atoms with Crippen LogP contribution in [0.15, 0.2) is 18.3 Å². The van der Waals surface area contributed by atoms with Crippen molar-refractivity contribution in [1.82, 2.24) is 24.5 Å². The molecule has 0 N–H and O–H groups in total. The zero-order chi connectivity index (χ0) is 27.4. The van der Waals surface area contributed by atoms with E-state index in [1.165, 1.54) is 4.68 Å². The normalized spacial score (nSPS) is 26.2. The summed E-state index contributed by atoms with van der Waals surface area (Å²) in [4.78, 5) is 9.17. The van der Waals surface area contributed by atoms with Crippen LogP contribution >= 0.6 is 0 Å². The van der Waals surface area contributed by atoms with E-state index in [1.807, 2.05) is 11.0 Å². The van der Waals surface area contributed by atoms with E-state index < -0.39 is 11.9 Å². The lowest BCUT2D eigenvalue weighted by molar-refractivity contribution is -0.140. The number of anilines is 2. The summed E-state index contributed by atoms with van der Waals surface area (Å²) in [6.07, 6.45) is 3.15. The van der Waals surface area contributed by atoms with Gasteiger partial charge in [0.2, 0.25) is 0 Å². The van der Waals surface area contributed by atoms with Crippen molar-refractivity contribution in [3.05, 3.63) is 24.0 Å². The van der Waals surface area contributed by atoms with Gasteiger partial charge in [0, 0.05) is 45.1 Å². The fourth-order valence-electron chi connectivity index (χ4n) is 6.69. The average Bonchev–Trinajstić information content (AvgIpc) is 3.67. The summed E-state index contributed by atoms with van der Waals surface area (Å²) < 4.78 is 63.8. The van der Waals surface area contributed by atoms with Crippen LogP contribution in [-0.2, 0) is 20.4 Å². The van der Waals surface area contributed by atoms with Crippen molar-refractivity contribution in [1.29, 1.82) is 0 Å². The molecule has 13 heteroatoms. The van der Waals surface area contributed by atoms with E-state index in [1.54, 1.807) is 24.1 Å². The minimum absolute atomic E-state index is 0.0104. The Balaban J connectivity index is 1.39. The fourth-order valence-corrected chi connectivity index (χ4v) is 6.69. The number of fused-ring (bicyclic) bond motifs is 3. The maximum absolute atomic E-state index is 14.6. The molecule has 4 fully saturated rings. The molecule has 0 spiro atoms. The van der Waals surface area contributed by atoms with Gasteiger partial charge in [0.25, 0.3) is 0 Å². The fraction of sp³-hybridized carbons (Fsp3) is 0.667. The zero-order valence-corrected chi connectivity index (χ0v) is 22.5. The molecule has 10 nitrogen and oxygen atoms in total. The van der Waals surface area contributed by atoms with Gasteiger partial charge >= 0.3 is 6.18 Å². The Labute approximate surface area is 230 Å². The van der Waals surface area contributed by atoms with Gasteiger partial charge in [-0.1, -0.05) is 0 Å². The largest absolute Gasteiger partial charge is 0.435 e.